The van der Waals surface area contributed by atoms with E-state index < -0.39 is 0 Å². The van der Waals surface area contributed by atoms with Gasteiger partial charge in [-0.1, -0.05) is 25.0 Å². The molecule has 1 heterocycles. The van der Waals surface area contributed by atoms with Crippen LogP contribution in [-0.2, 0) is 9.59 Å². The van der Waals surface area contributed by atoms with Crippen molar-refractivity contribution in [3.05, 3.63) is 54.1 Å². The zero-order chi connectivity index (χ0) is 21.3. The fraction of sp³-hybridized carbons (Fsp3) is 0.348. The molecule has 1 saturated heterocycles. The molecule has 3 amide bonds. The van der Waals surface area contributed by atoms with Crippen molar-refractivity contribution in [2.45, 2.75) is 32.1 Å². The highest BCUT2D eigenvalue weighted by atomic mass is 16.5. The Morgan fingerprint density at radius 1 is 0.967 bits per heavy atom. The number of anilines is 2. The third-order valence-electron chi connectivity index (χ3n) is 5.04. The molecule has 1 fully saturated rings. The van der Waals surface area contributed by atoms with Crippen LogP contribution in [0.5, 0.6) is 5.75 Å². The molecule has 3 rings (SSSR count). The summed E-state index contributed by atoms with van der Waals surface area (Å²) in [4.78, 5) is 38.6. The van der Waals surface area contributed by atoms with Gasteiger partial charge in [0.2, 0.25) is 11.8 Å². The zero-order valence-electron chi connectivity index (χ0n) is 17.1. The van der Waals surface area contributed by atoms with Gasteiger partial charge in [-0.05, 0) is 49.2 Å². The van der Waals surface area contributed by atoms with Crippen molar-refractivity contribution >= 4 is 29.1 Å². The third-order valence-corrected chi connectivity index (χ3v) is 5.04. The van der Waals surface area contributed by atoms with Gasteiger partial charge in [-0.3, -0.25) is 14.4 Å². The van der Waals surface area contributed by atoms with Gasteiger partial charge in [0.15, 0.2) is 0 Å². The van der Waals surface area contributed by atoms with E-state index in [9.17, 15) is 14.4 Å². The lowest BCUT2D eigenvalue weighted by Crippen LogP contribution is -2.39. The van der Waals surface area contributed by atoms with Crippen LogP contribution in [0.1, 0.15) is 42.5 Å². The first-order valence-corrected chi connectivity index (χ1v) is 10.2. The summed E-state index contributed by atoms with van der Waals surface area (Å²) >= 11 is 0. The number of carbonyl (C=O) groups is 3. The summed E-state index contributed by atoms with van der Waals surface area (Å²) < 4.78 is 5.24. The molecule has 2 aromatic rings. The number of ether oxygens (including phenoxy) is 1. The van der Waals surface area contributed by atoms with Gasteiger partial charge in [-0.15, -0.1) is 0 Å². The number of methoxy groups -OCH3 is 1. The molecule has 158 valence electrons. The van der Waals surface area contributed by atoms with E-state index in [-0.39, 0.29) is 24.3 Å². The first kappa shape index (κ1) is 21.4. The van der Waals surface area contributed by atoms with Crippen LogP contribution in [0.4, 0.5) is 11.4 Å². The predicted molar refractivity (Wildman–Crippen MR) is 116 cm³/mol. The first-order chi connectivity index (χ1) is 14.6. The molecular formula is C23H27N3O4. The number of likely N-dealkylation sites (tertiary alicyclic amines) is 1. The van der Waals surface area contributed by atoms with Gasteiger partial charge in [0.05, 0.1) is 19.3 Å². The second-order valence-electron chi connectivity index (χ2n) is 7.26. The molecule has 0 aromatic heterocycles. The summed E-state index contributed by atoms with van der Waals surface area (Å²) in [7, 11) is 1.54. The molecule has 0 saturated carbocycles. The third kappa shape index (κ3) is 5.83. The second kappa shape index (κ2) is 10.4. The number of hydrogen-bond acceptors (Lipinski definition) is 4. The molecule has 1 aliphatic heterocycles. The monoisotopic (exact) mass is 409 g/mol. The summed E-state index contributed by atoms with van der Waals surface area (Å²) in [5, 5.41) is 5.61. The Morgan fingerprint density at radius 2 is 1.70 bits per heavy atom. The van der Waals surface area contributed by atoms with Crippen LogP contribution in [0.25, 0.3) is 0 Å². The van der Waals surface area contributed by atoms with E-state index in [0.29, 0.717) is 35.7 Å². The van der Waals surface area contributed by atoms with E-state index in [1.54, 1.807) is 48.4 Å². The number of hydrogen-bond donors (Lipinski definition) is 2. The minimum atomic E-state index is -0.274. The van der Waals surface area contributed by atoms with Crippen LogP contribution in [-0.4, -0.2) is 42.8 Å². The topological polar surface area (TPSA) is 87.7 Å². The molecule has 0 spiro atoms. The summed E-state index contributed by atoms with van der Waals surface area (Å²) in [6.07, 6.45) is 4.47. The van der Waals surface area contributed by atoms with Crippen molar-refractivity contribution in [1.82, 2.24) is 4.90 Å². The van der Waals surface area contributed by atoms with Crippen LogP contribution >= 0.6 is 0 Å². The van der Waals surface area contributed by atoms with E-state index in [1.807, 2.05) is 12.1 Å². The Bertz CT molecular complexity index is 896. The van der Waals surface area contributed by atoms with Gasteiger partial charge in [0, 0.05) is 24.2 Å². The average molecular weight is 409 g/mol. The SMILES string of the molecule is COc1ccccc1NC(=O)c1ccc(NC(=O)CN2CCCCCCC2=O)cc1. The maximum absolute atomic E-state index is 12.5. The van der Waals surface area contributed by atoms with E-state index in [2.05, 4.69) is 10.6 Å². The lowest BCUT2D eigenvalue weighted by molar-refractivity contribution is -0.135. The first-order valence-electron chi connectivity index (χ1n) is 10.2. The number of amides is 3. The maximum atomic E-state index is 12.5. The van der Waals surface area contributed by atoms with Crippen LogP contribution in [0.3, 0.4) is 0 Å². The molecule has 30 heavy (non-hydrogen) atoms. The Hall–Kier alpha value is -3.35. The highest BCUT2D eigenvalue weighted by molar-refractivity contribution is 6.05. The van der Waals surface area contributed by atoms with Gasteiger partial charge in [-0.2, -0.15) is 0 Å². The Balaban J connectivity index is 1.56. The van der Waals surface area contributed by atoms with Crippen LogP contribution in [0.2, 0.25) is 0 Å². The van der Waals surface area contributed by atoms with Crippen LogP contribution in [0, 0.1) is 0 Å². The fourth-order valence-corrected chi connectivity index (χ4v) is 3.40. The van der Waals surface area contributed by atoms with Gasteiger partial charge in [0.25, 0.3) is 5.91 Å². The number of nitrogens with one attached hydrogen (secondary N) is 2. The lowest BCUT2D eigenvalue weighted by atomic mass is 10.1. The largest absolute Gasteiger partial charge is 0.495 e. The van der Waals surface area contributed by atoms with Crippen molar-refractivity contribution in [2.24, 2.45) is 0 Å². The maximum Gasteiger partial charge on any atom is 0.255 e. The molecule has 0 radical (unpaired) electrons. The van der Waals surface area contributed by atoms with Gasteiger partial charge >= 0.3 is 0 Å². The molecule has 0 aliphatic carbocycles. The molecule has 1 aliphatic rings. The summed E-state index contributed by atoms with van der Waals surface area (Å²) in [5.41, 5.74) is 1.62. The number of para-hydroxylation sites is 2. The lowest BCUT2D eigenvalue weighted by Gasteiger charge is -2.24. The molecule has 2 N–H and O–H groups in total. The van der Waals surface area contributed by atoms with Gasteiger partial charge < -0.3 is 20.3 Å². The minimum absolute atomic E-state index is 0.0354. The number of carbonyl (C=O) groups excluding carboxylic acids is 3. The fourth-order valence-electron chi connectivity index (χ4n) is 3.40. The summed E-state index contributed by atoms with van der Waals surface area (Å²) in [6.45, 7) is 0.670. The Labute approximate surface area is 176 Å². The zero-order valence-corrected chi connectivity index (χ0v) is 17.1. The number of nitrogens with zero attached hydrogens (tertiary/aromatic N) is 1. The van der Waals surface area contributed by atoms with E-state index in [4.69, 9.17) is 4.74 Å². The highest BCUT2D eigenvalue weighted by Gasteiger charge is 2.18. The molecule has 0 atom stereocenters. The molecule has 7 heteroatoms. The molecule has 7 nitrogen and oxygen atoms in total. The molecular weight excluding hydrogens is 382 g/mol. The van der Waals surface area contributed by atoms with Crippen LogP contribution < -0.4 is 15.4 Å². The Morgan fingerprint density at radius 3 is 2.47 bits per heavy atom. The minimum Gasteiger partial charge on any atom is -0.495 e. The van der Waals surface area contributed by atoms with Crippen molar-refractivity contribution < 1.29 is 19.1 Å². The highest BCUT2D eigenvalue weighted by Crippen LogP contribution is 2.24. The van der Waals surface area contributed by atoms with Gasteiger partial charge in [-0.25, -0.2) is 0 Å². The smallest absolute Gasteiger partial charge is 0.255 e. The average Bonchev–Trinajstić information content (AvgIpc) is 2.74. The normalized spacial score (nSPS) is 14.4. The van der Waals surface area contributed by atoms with Crippen molar-refractivity contribution in [3.63, 3.8) is 0 Å². The predicted octanol–water partition coefficient (Wildman–Crippen LogP) is 3.68. The number of benzene rings is 2. The van der Waals surface area contributed by atoms with Crippen molar-refractivity contribution in [2.75, 3.05) is 30.8 Å². The quantitative estimate of drug-likeness (QED) is 0.762. The molecule has 0 bridgehead atoms. The van der Waals surface area contributed by atoms with E-state index >= 15 is 0 Å². The standard InChI is InChI=1S/C23H27N3O4/c1-30-20-9-6-5-8-19(20)25-23(29)17-11-13-18(14-12-17)24-21(27)16-26-15-7-3-2-4-10-22(26)28/h5-6,8-9,11-14H,2-4,7,10,15-16H2,1H3,(H,24,27)(H,25,29). The Kier molecular flexibility index (Phi) is 7.43. The van der Waals surface area contributed by atoms with E-state index in [1.165, 1.54) is 0 Å². The molecule has 2 aromatic carbocycles. The van der Waals surface area contributed by atoms with Crippen LogP contribution in [0.15, 0.2) is 48.5 Å². The number of rotatable bonds is 6. The summed E-state index contributed by atoms with van der Waals surface area (Å²) in [5.74, 6) is 0.0976. The summed E-state index contributed by atoms with van der Waals surface area (Å²) in [6, 6.07) is 13.8. The van der Waals surface area contributed by atoms with E-state index in [0.717, 1.165) is 25.7 Å². The van der Waals surface area contributed by atoms with Crippen molar-refractivity contribution in [1.29, 1.82) is 0 Å². The second-order valence-corrected chi connectivity index (χ2v) is 7.26. The van der Waals surface area contributed by atoms with Gasteiger partial charge in [0.1, 0.15) is 5.75 Å². The van der Waals surface area contributed by atoms with Crippen molar-refractivity contribution in [3.8, 4) is 5.75 Å². The molecule has 0 unspecified atom stereocenters.